The molecule has 3 aliphatic carbocycles. The molecule has 3 saturated carbocycles. The van der Waals surface area contributed by atoms with Crippen molar-refractivity contribution in [3.63, 3.8) is 0 Å². The molecule has 15 heteroatoms. The minimum absolute atomic E-state index is 0.0541. The summed E-state index contributed by atoms with van der Waals surface area (Å²) >= 11 is 0. The van der Waals surface area contributed by atoms with Crippen molar-refractivity contribution >= 4 is 52.2 Å². The van der Waals surface area contributed by atoms with Gasteiger partial charge in [0.2, 0.25) is 5.95 Å². The minimum Gasteiger partial charge on any atom is -0.349 e. The molecule has 5 heterocycles. The van der Waals surface area contributed by atoms with Gasteiger partial charge in [0.05, 0.1) is 22.7 Å². The first-order valence-corrected chi connectivity index (χ1v) is 24.3. The van der Waals surface area contributed by atoms with Crippen molar-refractivity contribution in [2.45, 2.75) is 101 Å². The van der Waals surface area contributed by atoms with E-state index >= 15 is 0 Å². The third-order valence-electron chi connectivity index (χ3n) is 13.5. The van der Waals surface area contributed by atoms with E-state index < -0.39 is 5.41 Å². The number of fused-ring (bicyclic) bond motifs is 2. The second-order valence-corrected chi connectivity index (χ2v) is 18.8. The Bertz CT molecular complexity index is 3360. The van der Waals surface area contributed by atoms with Crippen molar-refractivity contribution in [3.05, 3.63) is 149 Å². The zero-order valence-electron chi connectivity index (χ0n) is 39.1. The van der Waals surface area contributed by atoms with Gasteiger partial charge in [0.1, 0.15) is 5.41 Å². The molecule has 0 saturated heterocycles. The lowest BCUT2D eigenvalue weighted by Crippen LogP contribution is -2.25. The maximum Gasteiger partial charge on any atom is 0.412 e. The monoisotopic (exact) mass is 926 g/mol. The van der Waals surface area contributed by atoms with Crippen LogP contribution in [0.4, 0.5) is 29.1 Å². The molecule has 0 radical (unpaired) electrons. The molecule has 0 unspecified atom stereocenters. The SMILES string of the molecule is CCCC(C#N)(CCC)c1ccc(-c2ccc([N+]#CC3(c4ccc(-c5cccn6nc(Nc7ccc(C(=O)NC8CC8)cc7)nc56)cc4)CC3)n3nc(Nc4ccc(C(=O)NC5CC5)cc4)nc23)cn1. The van der Waals surface area contributed by atoms with Gasteiger partial charge in [-0.2, -0.15) is 20.1 Å². The molecule has 0 atom stereocenters. The highest BCUT2D eigenvalue weighted by molar-refractivity contribution is 5.95. The van der Waals surface area contributed by atoms with Gasteiger partial charge in [-0.3, -0.25) is 14.6 Å². The van der Waals surface area contributed by atoms with Gasteiger partial charge in [0.25, 0.3) is 23.4 Å². The molecule has 0 spiro atoms. The Morgan fingerprint density at radius 1 is 0.714 bits per heavy atom. The average Bonchev–Trinajstić information content (AvgIpc) is 4.35. The number of carbonyl (C=O) groups is 2. The average molecular weight is 927 g/mol. The van der Waals surface area contributed by atoms with Gasteiger partial charge >= 0.3 is 5.82 Å². The molecular weight excluding hydrogens is 875 g/mol. The van der Waals surface area contributed by atoms with E-state index in [0.29, 0.717) is 46.2 Å². The first-order chi connectivity index (χ1) is 34.2. The van der Waals surface area contributed by atoms with Crippen molar-refractivity contribution in [2.75, 3.05) is 10.6 Å². The van der Waals surface area contributed by atoms with Crippen molar-refractivity contribution in [1.82, 2.24) is 44.8 Å². The van der Waals surface area contributed by atoms with E-state index in [2.05, 4.69) is 76.6 Å². The summed E-state index contributed by atoms with van der Waals surface area (Å²) in [5.74, 6) is 1.25. The van der Waals surface area contributed by atoms with Gasteiger partial charge in [-0.15, -0.1) is 5.10 Å². The zero-order valence-corrected chi connectivity index (χ0v) is 39.1. The van der Waals surface area contributed by atoms with Crippen LogP contribution in [0.15, 0.2) is 122 Å². The van der Waals surface area contributed by atoms with Crippen molar-refractivity contribution in [3.8, 4) is 34.4 Å². The van der Waals surface area contributed by atoms with E-state index in [0.717, 1.165) is 109 Å². The van der Waals surface area contributed by atoms with Crippen molar-refractivity contribution in [2.24, 2.45) is 0 Å². The summed E-state index contributed by atoms with van der Waals surface area (Å²) in [5, 5.41) is 32.6. The summed E-state index contributed by atoms with van der Waals surface area (Å²) in [6.07, 6.45) is 12.9. The molecule has 3 aromatic carbocycles. The normalized spacial score (nSPS) is 14.9. The fraction of sp³-hybridized carbons (Fsp3) is 0.291. The Hall–Kier alpha value is -8.43. The Balaban J connectivity index is 0.859. The molecule has 15 nitrogen and oxygen atoms in total. The molecule has 0 aliphatic heterocycles. The quantitative estimate of drug-likeness (QED) is 0.0727. The lowest BCUT2D eigenvalue weighted by molar-refractivity contribution is 0.0942. The number of nitrogens with one attached hydrogen (secondary N) is 4. The van der Waals surface area contributed by atoms with Crippen LogP contribution in [0.25, 0.3) is 38.4 Å². The van der Waals surface area contributed by atoms with Gasteiger partial charge in [0, 0.05) is 64.2 Å². The van der Waals surface area contributed by atoms with Crippen LogP contribution in [0.1, 0.15) is 110 Å². The first kappa shape index (κ1) is 44.1. The predicted octanol–water partition coefficient (Wildman–Crippen LogP) is 10.8. The maximum absolute atomic E-state index is 12.7. The van der Waals surface area contributed by atoms with E-state index in [-0.39, 0.29) is 23.3 Å². The number of nitrogens with zero attached hydrogens (tertiary/aromatic N) is 9. The topological polar surface area (TPSA) is 184 Å². The van der Waals surface area contributed by atoms with Crippen molar-refractivity contribution in [1.29, 1.82) is 5.26 Å². The van der Waals surface area contributed by atoms with E-state index in [1.807, 2.05) is 73.1 Å². The highest BCUT2D eigenvalue weighted by Gasteiger charge is 2.47. The van der Waals surface area contributed by atoms with Crippen LogP contribution in [-0.2, 0) is 10.8 Å². The van der Waals surface area contributed by atoms with Crippen LogP contribution >= 0.6 is 0 Å². The highest BCUT2D eigenvalue weighted by Crippen LogP contribution is 2.48. The Kier molecular flexibility index (Phi) is 11.5. The van der Waals surface area contributed by atoms with Gasteiger partial charge in [-0.25, -0.2) is 4.52 Å². The number of hydrogen-bond acceptors (Lipinski definition) is 10. The van der Waals surface area contributed by atoms with Gasteiger partial charge in [-0.05, 0) is 140 Å². The molecule has 2 amide bonds. The van der Waals surface area contributed by atoms with Gasteiger partial charge in [-0.1, -0.05) is 61.5 Å². The number of rotatable bonds is 16. The fourth-order valence-electron chi connectivity index (χ4n) is 9.12. The lowest BCUT2D eigenvalue weighted by Gasteiger charge is -2.25. The summed E-state index contributed by atoms with van der Waals surface area (Å²) in [6, 6.07) is 41.7. The van der Waals surface area contributed by atoms with Crippen LogP contribution in [0, 0.1) is 17.4 Å². The Morgan fingerprint density at radius 2 is 1.30 bits per heavy atom. The van der Waals surface area contributed by atoms with E-state index in [9.17, 15) is 14.9 Å². The molecule has 3 fully saturated rings. The second-order valence-electron chi connectivity index (χ2n) is 18.8. The fourth-order valence-corrected chi connectivity index (χ4v) is 9.12. The number of benzene rings is 3. The third-order valence-corrected chi connectivity index (χ3v) is 13.5. The van der Waals surface area contributed by atoms with Crippen LogP contribution in [0.3, 0.4) is 0 Å². The molecule has 11 rings (SSSR count). The molecule has 8 aromatic rings. The lowest BCUT2D eigenvalue weighted by atomic mass is 9.77. The molecular formula is C55H52N13O2+. The van der Waals surface area contributed by atoms with E-state index in [1.54, 1.807) is 33.3 Å². The van der Waals surface area contributed by atoms with Crippen LogP contribution in [-0.4, -0.2) is 58.1 Å². The number of nitriles is 1. The molecule has 4 N–H and O–H groups in total. The molecule has 70 heavy (non-hydrogen) atoms. The number of amides is 2. The first-order valence-electron chi connectivity index (χ1n) is 24.3. The zero-order chi connectivity index (χ0) is 47.8. The molecule has 0 bridgehead atoms. The second kappa shape index (κ2) is 18.2. The Morgan fingerprint density at radius 3 is 1.86 bits per heavy atom. The summed E-state index contributed by atoms with van der Waals surface area (Å²) in [5.41, 5.74) is 8.51. The standard InChI is InChI=1S/C55H51N13O2/c1-3-27-54(33-56,28-4-2)46-25-13-38(32-57-46)45-24-26-47(68-49(45)64-53(66-68)62-43-18-11-37(12-19-43)51(70)60-41-22-23-41)58-34-55(29-30-55)39-14-7-35(8-15-39)44-6-5-31-67-48(44)63-52(65-67)61-42-16-9-36(10-17-42)50(69)59-40-20-21-40/h5-19,24-26,31-32,40-41H,3-4,20-23,27-30H2,1-2H3,(H3-,59,60,61,62,65,66,69,70)/p+1. The van der Waals surface area contributed by atoms with Crippen molar-refractivity contribution < 1.29 is 9.59 Å². The summed E-state index contributed by atoms with van der Waals surface area (Å²) < 4.78 is 3.50. The molecule has 3 aliphatic rings. The van der Waals surface area contributed by atoms with Crippen LogP contribution in [0.2, 0.25) is 0 Å². The summed E-state index contributed by atoms with van der Waals surface area (Å²) in [7, 11) is 0. The van der Waals surface area contributed by atoms with Gasteiger partial charge in [0.15, 0.2) is 11.7 Å². The number of pyridine rings is 3. The molecule has 5 aromatic heterocycles. The highest BCUT2D eigenvalue weighted by atomic mass is 16.2. The minimum atomic E-state index is -0.635. The Labute approximate surface area is 405 Å². The predicted molar refractivity (Wildman–Crippen MR) is 270 cm³/mol. The van der Waals surface area contributed by atoms with Crippen LogP contribution in [0.5, 0.6) is 0 Å². The molecule has 348 valence electrons. The smallest absolute Gasteiger partial charge is 0.349 e. The summed E-state index contributed by atoms with van der Waals surface area (Å²) in [6.45, 7) is 4.21. The van der Waals surface area contributed by atoms with E-state index in [4.69, 9.17) is 24.9 Å². The van der Waals surface area contributed by atoms with Crippen LogP contribution < -0.4 is 21.3 Å². The van der Waals surface area contributed by atoms with Gasteiger partial charge < -0.3 is 21.3 Å². The number of hydrogen-bond donors (Lipinski definition) is 4. The largest absolute Gasteiger partial charge is 0.412 e. The summed E-state index contributed by atoms with van der Waals surface area (Å²) in [4.78, 5) is 44.8. The maximum atomic E-state index is 12.7. The number of aromatic nitrogens is 7. The number of carbonyl (C=O) groups excluding carboxylic acids is 2. The number of anilines is 4. The third kappa shape index (κ3) is 9.01. The van der Waals surface area contributed by atoms with E-state index in [1.165, 1.54) is 0 Å².